The molecular weight excluding hydrogens is 619 g/mol. The van der Waals surface area contributed by atoms with Gasteiger partial charge in [-0.25, -0.2) is 8.42 Å². The van der Waals surface area contributed by atoms with Crippen LogP contribution in [0.1, 0.15) is 27.8 Å². The SMILES string of the molecule is Cc1ccc(S(=O)(=O)NC(c2ccccc2)(c2ccccc2)C2OCOC2C(N[P+](=O)O)(c2ccccc2)c2ccccc2)cc1. The van der Waals surface area contributed by atoms with Crippen molar-refractivity contribution in [1.29, 1.82) is 0 Å². The van der Waals surface area contributed by atoms with Gasteiger partial charge in [0.1, 0.15) is 30.1 Å². The van der Waals surface area contributed by atoms with Crippen molar-refractivity contribution in [3.05, 3.63) is 173 Å². The van der Waals surface area contributed by atoms with Crippen molar-refractivity contribution in [3.63, 3.8) is 0 Å². The minimum Gasteiger partial charge on any atom is -0.347 e. The number of rotatable bonds is 11. The number of nitrogens with one attached hydrogen (secondary N) is 2. The van der Waals surface area contributed by atoms with Crippen molar-refractivity contribution < 1.29 is 27.3 Å². The van der Waals surface area contributed by atoms with Gasteiger partial charge in [0.05, 0.1) is 4.90 Å². The van der Waals surface area contributed by atoms with E-state index in [-0.39, 0.29) is 11.7 Å². The van der Waals surface area contributed by atoms with Crippen LogP contribution in [-0.2, 0) is 35.1 Å². The monoisotopic (exact) mass is 653 g/mol. The molecule has 0 aromatic heterocycles. The van der Waals surface area contributed by atoms with E-state index in [4.69, 9.17) is 9.47 Å². The molecule has 0 amide bonds. The van der Waals surface area contributed by atoms with E-state index in [1.165, 1.54) is 0 Å². The van der Waals surface area contributed by atoms with E-state index in [2.05, 4.69) is 9.81 Å². The van der Waals surface area contributed by atoms with Crippen LogP contribution in [0.2, 0.25) is 0 Å². The molecule has 1 heterocycles. The third-order valence-electron chi connectivity index (χ3n) is 8.44. The lowest BCUT2D eigenvalue weighted by atomic mass is 9.69. The van der Waals surface area contributed by atoms with Gasteiger partial charge in [-0.1, -0.05) is 144 Å². The predicted octanol–water partition coefficient (Wildman–Crippen LogP) is 6.14. The van der Waals surface area contributed by atoms with E-state index in [9.17, 15) is 17.9 Å². The predicted molar refractivity (Wildman–Crippen MR) is 176 cm³/mol. The zero-order chi connectivity index (χ0) is 32.2. The van der Waals surface area contributed by atoms with Gasteiger partial charge in [0.2, 0.25) is 10.0 Å². The van der Waals surface area contributed by atoms with Gasteiger partial charge in [0.15, 0.2) is 0 Å². The molecule has 0 radical (unpaired) electrons. The molecule has 3 atom stereocenters. The van der Waals surface area contributed by atoms with Gasteiger partial charge in [-0.15, -0.1) is 4.89 Å². The summed E-state index contributed by atoms with van der Waals surface area (Å²) in [6.45, 7) is 1.69. The molecule has 0 spiro atoms. The van der Waals surface area contributed by atoms with Crippen molar-refractivity contribution in [2.45, 2.75) is 35.1 Å². The van der Waals surface area contributed by atoms with E-state index < -0.39 is 41.5 Å². The molecule has 8 nitrogen and oxygen atoms in total. The molecule has 0 saturated carbocycles. The van der Waals surface area contributed by atoms with Crippen LogP contribution in [0, 0.1) is 6.92 Å². The zero-order valence-electron chi connectivity index (χ0n) is 25.1. The first-order valence-electron chi connectivity index (χ1n) is 14.8. The first-order chi connectivity index (χ1) is 22.3. The van der Waals surface area contributed by atoms with Gasteiger partial charge in [-0.2, -0.15) is 4.72 Å². The Hall–Kier alpha value is -4.05. The summed E-state index contributed by atoms with van der Waals surface area (Å²) in [6, 6.07) is 43.5. The van der Waals surface area contributed by atoms with Gasteiger partial charge in [-0.05, 0) is 45.9 Å². The van der Waals surface area contributed by atoms with E-state index in [1.807, 2.05) is 128 Å². The van der Waals surface area contributed by atoms with Gasteiger partial charge < -0.3 is 9.47 Å². The first-order valence-corrected chi connectivity index (χ1v) is 17.5. The van der Waals surface area contributed by atoms with Crippen LogP contribution in [0.3, 0.4) is 0 Å². The Labute approximate surface area is 270 Å². The van der Waals surface area contributed by atoms with Crippen LogP contribution in [0.15, 0.2) is 150 Å². The molecule has 10 heteroatoms. The molecule has 5 aromatic carbocycles. The smallest absolute Gasteiger partial charge is 0.347 e. The molecule has 3 N–H and O–H groups in total. The Morgan fingerprint density at radius 1 is 0.630 bits per heavy atom. The average molecular weight is 654 g/mol. The van der Waals surface area contributed by atoms with Crippen molar-refractivity contribution in [1.82, 2.24) is 9.81 Å². The zero-order valence-corrected chi connectivity index (χ0v) is 26.8. The third kappa shape index (κ3) is 5.95. The fraction of sp³-hybridized carbons (Fsp3) is 0.167. The molecule has 0 aliphatic carbocycles. The Kier molecular flexibility index (Phi) is 9.27. The number of aryl methyl sites for hydroxylation is 1. The number of sulfonamides is 1. The van der Waals surface area contributed by atoms with Crippen LogP contribution in [0.5, 0.6) is 0 Å². The highest BCUT2D eigenvalue weighted by atomic mass is 32.2. The summed E-state index contributed by atoms with van der Waals surface area (Å²) < 4.78 is 57.8. The molecule has 6 rings (SSSR count). The maximum atomic E-state index is 14.4. The normalized spacial score (nSPS) is 17.5. The van der Waals surface area contributed by atoms with Crippen molar-refractivity contribution in [2.75, 3.05) is 6.79 Å². The summed E-state index contributed by atoms with van der Waals surface area (Å²) in [5.74, 6) is 0. The van der Waals surface area contributed by atoms with Crippen molar-refractivity contribution in [2.24, 2.45) is 0 Å². The molecule has 3 unspecified atom stereocenters. The molecule has 1 aliphatic rings. The van der Waals surface area contributed by atoms with E-state index >= 15 is 0 Å². The summed E-state index contributed by atoms with van der Waals surface area (Å²) in [4.78, 5) is 10.6. The van der Waals surface area contributed by atoms with Gasteiger partial charge >= 0.3 is 8.18 Å². The van der Waals surface area contributed by atoms with E-state index in [0.717, 1.165) is 5.56 Å². The van der Waals surface area contributed by atoms with Gasteiger partial charge in [0, 0.05) is 0 Å². The minimum atomic E-state index is -4.20. The van der Waals surface area contributed by atoms with Crippen LogP contribution < -0.4 is 9.81 Å². The highest BCUT2D eigenvalue weighted by Crippen LogP contribution is 2.48. The standard InChI is InChI=1S/C36H33N2O6PS/c1-27-22-24-32(25-23-27)46(41,42)38-36(30-18-10-4-11-19-30,31-20-12-5-13-21-31)34-33(43-26-44-34)35(37-45(39)40,28-14-6-2-7-15-28)29-16-8-3-9-17-29/h2-25,33-34,38H,26H2,1H3,(H-,37,39,40)/p+1. The summed E-state index contributed by atoms with van der Waals surface area (Å²) in [5.41, 5.74) is 0.345. The Morgan fingerprint density at radius 3 is 1.39 bits per heavy atom. The molecule has 234 valence electrons. The summed E-state index contributed by atoms with van der Waals surface area (Å²) in [7, 11) is -7.16. The molecule has 1 aliphatic heterocycles. The molecular formula is C36H34N2O6PS+. The average Bonchev–Trinajstić information content (AvgIpc) is 3.59. The van der Waals surface area contributed by atoms with Crippen molar-refractivity contribution in [3.8, 4) is 0 Å². The van der Waals surface area contributed by atoms with Crippen molar-refractivity contribution >= 4 is 18.2 Å². The highest BCUT2D eigenvalue weighted by molar-refractivity contribution is 7.89. The van der Waals surface area contributed by atoms with Crippen LogP contribution in [0.4, 0.5) is 0 Å². The highest BCUT2D eigenvalue weighted by Gasteiger charge is 2.61. The fourth-order valence-electron chi connectivity index (χ4n) is 6.37. The van der Waals surface area contributed by atoms with Gasteiger partial charge in [0.25, 0.3) is 0 Å². The Morgan fingerprint density at radius 2 is 1.00 bits per heavy atom. The largest absolute Gasteiger partial charge is 0.611 e. The number of ether oxygens (including phenoxy) is 2. The maximum absolute atomic E-state index is 14.4. The first kappa shape index (κ1) is 31.9. The summed E-state index contributed by atoms with van der Waals surface area (Å²) in [6.07, 6.45) is -2.11. The van der Waals surface area contributed by atoms with E-state index in [0.29, 0.717) is 22.3 Å². The molecule has 0 bridgehead atoms. The maximum Gasteiger partial charge on any atom is 0.611 e. The third-order valence-corrected chi connectivity index (χ3v) is 10.5. The lowest BCUT2D eigenvalue weighted by Gasteiger charge is -2.46. The molecule has 1 saturated heterocycles. The lowest BCUT2D eigenvalue weighted by Crippen LogP contribution is -2.64. The Balaban J connectivity index is 1.66. The summed E-state index contributed by atoms with van der Waals surface area (Å²) in [5, 5.41) is 2.96. The second-order valence-electron chi connectivity index (χ2n) is 11.2. The van der Waals surface area contributed by atoms with Crippen LogP contribution in [0.25, 0.3) is 0 Å². The topological polar surface area (TPSA) is 114 Å². The quantitative estimate of drug-likeness (QED) is 0.147. The number of hydrogen-bond acceptors (Lipinski definition) is 5. The summed E-state index contributed by atoms with van der Waals surface area (Å²) >= 11 is 0. The van der Waals surface area contributed by atoms with Crippen LogP contribution >= 0.6 is 8.18 Å². The van der Waals surface area contributed by atoms with E-state index in [1.54, 1.807) is 24.3 Å². The molecule has 1 fully saturated rings. The molecule has 46 heavy (non-hydrogen) atoms. The second kappa shape index (κ2) is 13.4. The number of benzene rings is 5. The number of hydrogen-bond donors (Lipinski definition) is 3. The fourth-order valence-corrected chi connectivity index (χ4v) is 8.44. The second-order valence-corrected chi connectivity index (χ2v) is 13.6. The van der Waals surface area contributed by atoms with Crippen LogP contribution in [-0.4, -0.2) is 32.3 Å². The Bertz CT molecular complexity index is 1800. The minimum absolute atomic E-state index is 0.0822. The molecule has 5 aromatic rings. The lowest BCUT2D eigenvalue weighted by molar-refractivity contribution is 0.0201. The van der Waals surface area contributed by atoms with Gasteiger partial charge in [-0.3, -0.25) is 0 Å².